The van der Waals surface area contributed by atoms with Crippen molar-refractivity contribution < 1.29 is 9.63 Å². The molecule has 1 aromatic carbocycles. The second-order valence-corrected chi connectivity index (χ2v) is 7.64. The van der Waals surface area contributed by atoms with Crippen molar-refractivity contribution in [3.63, 3.8) is 0 Å². The van der Waals surface area contributed by atoms with Gasteiger partial charge in [-0.05, 0) is 49.2 Å². The maximum absolute atomic E-state index is 12.5. The van der Waals surface area contributed by atoms with Crippen molar-refractivity contribution in [2.75, 3.05) is 19.5 Å². The fourth-order valence-corrected chi connectivity index (χ4v) is 3.54. The number of rotatable bonds is 6. The molecule has 0 aliphatic carbocycles. The molecule has 4 N–H and O–H groups in total. The van der Waals surface area contributed by atoms with E-state index >= 15 is 0 Å². The molecule has 0 aliphatic rings. The van der Waals surface area contributed by atoms with Crippen LogP contribution in [0.15, 0.2) is 48.7 Å². The summed E-state index contributed by atoms with van der Waals surface area (Å²) in [6.45, 7) is 1.99. The molecule has 1 unspecified atom stereocenters. The van der Waals surface area contributed by atoms with Gasteiger partial charge >= 0.3 is 0 Å². The second kappa shape index (κ2) is 11.5. The Labute approximate surface area is 179 Å². The van der Waals surface area contributed by atoms with E-state index in [9.17, 15) is 4.79 Å². The maximum Gasteiger partial charge on any atom is 0.261 e. The van der Waals surface area contributed by atoms with Crippen LogP contribution in [0.2, 0.25) is 5.02 Å². The number of hydrogen-bond donors (Lipinski definition) is 3. The number of thiophene rings is 1. The third-order valence-corrected chi connectivity index (χ3v) is 5.15. The van der Waals surface area contributed by atoms with Crippen LogP contribution in [0, 0.1) is 0 Å². The first-order chi connectivity index (χ1) is 14.0. The fourth-order valence-electron chi connectivity index (χ4n) is 2.53. The quantitative estimate of drug-likeness (QED) is 0.511. The lowest BCUT2D eigenvalue weighted by atomic mass is 10.1. The normalized spacial score (nSPS) is 11.2. The summed E-state index contributed by atoms with van der Waals surface area (Å²) >= 11 is 7.32. The summed E-state index contributed by atoms with van der Waals surface area (Å²) < 4.78 is 0. The average Bonchev–Trinajstić information content (AvgIpc) is 3.21. The number of benzene rings is 1. The van der Waals surface area contributed by atoms with Crippen LogP contribution in [-0.4, -0.2) is 36.1 Å². The summed E-state index contributed by atoms with van der Waals surface area (Å²) in [7, 11) is 3.18. The first-order valence-electron chi connectivity index (χ1n) is 8.86. The van der Waals surface area contributed by atoms with E-state index in [1.807, 2.05) is 49.4 Å². The van der Waals surface area contributed by atoms with Gasteiger partial charge < -0.3 is 15.5 Å². The molecule has 9 heteroatoms. The van der Waals surface area contributed by atoms with Crippen molar-refractivity contribution in [3.8, 4) is 10.6 Å². The smallest absolute Gasteiger partial charge is 0.261 e. The van der Waals surface area contributed by atoms with Crippen molar-refractivity contribution in [2.24, 2.45) is 5.90 Å². The highest BCUT2D eigenvalue weighted by molar-refractivity contribution is 7.17. The third-order valence-electron chi connectivity index (χ3n) is 3.79. The molecule has 3 rings (SSSR count). The van der Waals surface area contributed by atoms with Gasteiger partial charge in [0.2, 0.25) is 5.95 Å². The molecule has 0 saturated heterocycles. The molecular weight excluding hydrogens is 410 g/mol. The lowest BCUT2D eigenvalue weighted by Crippen LogP contribution is -2.33. The summed E-state index contributed by atoms with van der Waals surface area (Å²) in [5.41, 5.74) is 1.93. The average molecular weight is 434 g/mol. The summed E-state index contributed by atoms with van der Waals surface area (Å²) in [5.74, 6) is 4.82. The Hall–Kier alpha value is -2.52. The molecule has 0 bridgehead atoms. The van der Waals surface area contributed by atoms with Crippen LogP contribution in [0.1, 0.15) is 22.2 Å². The van der Waals surface area contributed by atoms with Gasteiger partial charge in [0, 0.05) is 24.3 Å². The lowest BCUT2D eigenvalue weighted by molar-refractivity contribution is 0.0944. The third kappa shape index (κ3) is 7.10. The number of anilines is 1. The molecule has 154 valence electrons. The molecule has 1 atom stereocenters. The van der Waals surface area contributed by atoms with Gasteiger partial charge in [0.05, 0.1) is 22.6 Å². The summed E-state index contributed by atoms with van der Waals surface area (Å²) in [6.07, 6.45) is 2.44. The largest absolute Gasteiger partial charge is 0.357 e. The Morgan fingerprint density at radius 2 is 1.93 bits per heavy atom. The van der Waals surface area contributed by atoms with Crippen LogP contribution in [0.4, 0.5) is 5.95 Å². The highest BCUT2D eigenvalue weighted by Crippen LogP contribution is 2.27. The van der Waals surface area contributed by atoms with Crippen LogP contribution in [-0.2, 0) is 11.3 Å². The number of carbonyl (C=O) groups excluding carboxylic acids is 1. The Morgan fingerprint density at radius 1 is 1.24 bits per heavy atom. The second-order valence-electron chi connectivity index (χ2n) is 6.12. The van der Waals surface area contributed by atoms with E-state index in [0.29, 0.717) is 15.8 Å². The van der Waals surface area contributed by atoms with Crippen LogP contribution in [0.3, 0.4) is 0 Å². The Morgan fingerprint density at radius 3 is 2.59 bits per heavy atom. The van der Waals surface area contributed by atoms with E-state index in [-0.39, 0.29) is 11.9 Å². The Balaban J connectivity index is 0.000000941. The number of nitrogens with zero attached hydrogens (tertiary/aromatic N) is 2. The summed E-state index contributed by atoms with van der Waals surface area (Å²) in [6, 6.07) is 13.2. The number of amides is 1. The first kappa shape index (κ1) is 22.8. The van der Waals surface area contributed by atoms with E-state index in [1.165, 1.54) is 18.4 Å². The minimum Gasteiger partial charge on any atom is -0.357 e. The van der Waals surface area contributed by atoms with Crippen molar-refractivity contribution in [2.45, 2.75) is 19.4 Å². The van der Waals surface area contributed by atoms with E-state index in [1.54, 1.807) is 13.2 Å². The molecule has 0 fully saturated rings. The van der Waals surface area contributed by atoms with Crippen molar-refractivity contribution >= 4 is 34.8 Å². The summed E-state index contributed by atoms with van der Waals surface area (Å²) in [4.78, 5) is 26.3. The van der Waals surface area contributed by atoms with Gasteiger partial charge in [-0.2, -0.15) is 0 Å². The standard InChI is InChI=1S/C19H19ClN4OS.CH5NO/c1-12(11-13-3-5-14(20)6-4-13)23-18(25)17-8-7-16(26-17)15-9-10-22-19(21-2)24-15;1-3-2/h3-10,12H,11H2,1-2H3,(H,23,25)(H,21,22,24);2H2,1H3. The van der Waals surface area contributed by atoms with E-state index < -0.39 is 0 Å². The minimum absolute atomic E-state index is 0.0177. The molecule has 0 spiro atoms. The molecule has 3 aromatic rings. The van der Waals surface area contributed by atoms with Crippen molar-refractivity contribution in [1.82, 2.24) is 15.3 Å². The van der Waals surface area contributed by atoms with Crippen LogP contribution < -0.4 is 16.5 Å². The van der Waals surface area contributed by atoms with Gasteiger partial charge in [0.15, 0.2) is 0 Å². The zero-order valence-electron chi connectivity index (χ0n) is 16.5. The topological polar surface area (TPSA) is 102 Å². The van der Waals surface area contributed by atoms with Crippen LogP contribution in [0.5, 0.6) is 0 Å². The predicted octanol–water partition coefficient (Wildman–Crippen LogP) is 3.77. The summed E-state index contributed by atoms with van der Waals surface area (Å²) in [5, 5.41) is 6.67. The molecule has 2 aromatic heterocycles. The molecule has 0 saturated carbocycles. The number of aromatic nitrogens is 2. The molecule has 2 heterocycles. The fraction of sp³-hybridized carbons (Fsp3) is 0.250. The first-order valence-corrected chi connectivity index (χ1v) is 10.1. The van der Waals surface area contributed by atoms with Gasteiger partial charge in [-0.25, -0.2) is 15.9 Å². The molecule has 0 aliphatic heterocycles. The zero-order chi connectivity index (χ0) is 21.2. The van der Waals surface area contributed by atoms with Crippen molar-refractivity contribution in [3.05, 3.63) is 64.1 Å². The minimum atomic E-state index is -0.0781. The monoisotopic (exact) mass is 433 g/mol. The SMILES string of the molecule is CNc1nccc(-c2ccc(C(=O)NC(C)Cc3ccc(Cl)cc3)s2)n1.CON. The van der Waals surface area contributed by atoms with Crippen LogP contribution >= 0.6 is 22.9 Å². The predicted molar refractivity (Wildman–Crippen MR) is 118 cm³/mol. The molecule has 29 heavy (non-hydrogen) atoms. The Kier molecular flexibility index (Phi) is 9.01. The molecule has 7 nitrogen and oxygen atoms in total. The van der Waals surface area contributed by atoms with Crippen molar-refractivity contribution in [1.29, 1.82) is 0 Å². The number of carbonyl (C=O) groups is 1. The number of halogens is 1. The highest BCUT2D eigenvalue weighted by Gasteiger charge is 2.14. The zero-order valence-corrected chi connectivity index (χ0v) is 18.1. The lowest BCUT2D eigenvalue weighted by Gasteiger charge is -2.13. The van der Waals surface area contributed by atoms with Gasteiger partial charge in [-0.3, -0.25) is 4.79 Å². The van der Waals surface area contributed by atoms with E-state index in [2.05, 4.69) is 31.3 Å². The number of hydrogen-bond acceptors (Lipinski definition) is 7. The molecular formula is C20H24ClN5O2S. The Bertz CT molecular complexity index is 917. The number of nitrogens with one attached hydrogen (secondary N) is 2. The number of nitrogens with two attached hydrogens (primary N) is 1. The molecule has 0 radical (unpaired) electrons. The van der Waals surface area contributed by atoms with Gasteiger partial charge in [0.25, 0.3) is 5.91 Å². The van der Waals surface area contributed by atoms with Crippen LogP contribution in [0.25, 0.3) is 10.6 Å². The maximum atomic E-state index is 12.5. The van der Waals surface area contributed by atoms with Gasteiger partial charge in [-0.15, -0.1) is 11.3 Å². The highest BCUT2D eigenvalue weighted by atomic mass is 35.5. The van der Waals surface area contributed by atoms with Gasteiger partial charge in [-0.1, -0.05) is 23.7 Å². The van der Waals surface area contributed by atoms with Gasteiger partial charge in [0.1, 0.15) is 0 Å². The van der Waals surface area contributed by atoms with E-state index in [0.717, 1.165) is 22.6 Å². The molecule has 1 amide bonds. The van der Waals surface area contributed by atoms with E-state index in [4.69, 9.17) is 11.6 Å².